The fourth-order valence-electron chi connectivity index (χ4n) is 2.92. The van der Waals surface area contributed by atoms with E-state index in [2.05, 4.69) is 25.8 Å². The molecule has 136 valence electrons. The topological polar surface area (TPSA) is 125 Å². The summed E-state index contributed by atoms with van der Waals surface area (Å²) in [5.41, 5.74) is 6.21. The molecule has 0 spiro atoms. The molecule has 1 saturated carbocycles. The van der Waals surface area contributed by atoms with Crippen molar-refractivity contribution in [3.05, 3.63) is 23.6 Å². The Labute approximate surface area is 146 Å². The lowest BCUT2D eigenvalue weighted by atomic mass is 9.92. The van der Waals surface area contributed by atoms with Gasteiger partial charge in [-0.1, -0.05) is 24.2 Å². The minimum atomic E-state index is -0.398. The number of rotatable bonds is 5. The molecule has 0 radical (unpaired) electrons. The minimum Gasteiger partial charge on any atom is -0.339 e. The Kier molecular flexibility index (Phi) is 5.12. The average Bonchev–Trinajstić information content (AvgIpc) is 3.25. The van der Waals surface area contributed by atoms with Crippen LogP contribution in [-0.2, 0) is 0 Å². The van der Waals surface area contributed by atoms with Gasteiger partial charge in [-0.3, -0.25) is 4.79 Å². The van der Waals surface area contributed by atoms with Gasteiger partial charge < -0.3 is 15.6 Å². The number of hydrogen-bond acceptors (Lipinski definition) is 7. The summed E-state index contributed by atoms with van der Waals surface area (Å²) in [5, 5.41) is 14.8. The third-order valence-electron chi connectivity index (χ3n) is 4.55. The lowest BCUT2D eigenvalue weighted by molar-refractivity contribution is 0.0927. The number of nitrogens with one attached hydrogen (secondary N) is 1. The lowest BCUT2D eigenvalue weighted by Crippen LogP contribution is -2.28. The Bertz CT molecular complexity index is 716. The number of carbonyl (C=O) groups excluding carboxylic acids is 1. The molecular weight excluding hydrogens is 322 g/mol. The summed E-state index contributed by atoms with van der Waals surface area (Å²) in [6, 6.07) is 0.134. The first-order valence-corrected chi connectivity index (χ1v) is 8.75. The normalized spacial score (nSPS) is 22.1. The Morgan fingerprint density at radius 3 is 2.68 bits per heavy atom. The molecule has 1 fully saturated rings. The fourth-order valence-corrected chi connectivity index (χ4v) is 2.92. The summed E-state index contributed by atoms with van der Waals surface area (Å²) < 4.78 is 6.98. The Morgan fingerprint density at radius 1 is 1.32 bits per heavy atom. The Morgan fingerprint density at radius 2 is 2.04 bits per heavy atom. The zero-order valence-corrected chi connectivity index (χ0v) is 14.8. The standard InChI is InChI=1S/C16H25N7O2/c1-9(2)14-19-16(25-21-14)10(3)18-15(24)13-8-23(22-20-13)12-6-4-11(17)5-7-12/h8-12H,4-7,17H2,1-3H3,(H,18,24)/t10-,11?,12?/m1/s1. The largest absolute Gasteiger partial charge is 0.339 e. The molecule has 2 aromatic rings. The number of nitrogens with zero attached hydrogens (tertiary/aromatic N) is 5. The van der Waals surface area contributed by atoms with Crippen LogP contribution in [0, 0.1) is 0 Å². The summed E-state index contributed by atoms with van der Waals surface area (Å²) in [7, 11) is 0. The van der Waals surface area contributed by atoms with Crippen LogP contribution >= 0.6 is 0 Å². The van der Waals surface area contributed by atoms with Crippen LogP contribution in [0.4, 0.5) is 0 Å². The molecule has 0 aromatic carbocycles. The predicted octanol–water partition coefficient (Wildman–Crippen LogP) is 1.72. The maximum Gasteiger partial charge on any atom is 0.274 e. The van der Waals surface area contributed by atoms with E-state index >= 15 is 0 Å². The van der Waals surface area contributed by atoms with E-state index in [4.69, 9.17) is 10.3 Å². The highest BCUT2D eigenvalue weighted by Gasteiger charge is 2.24. The molecule has 0 aliphatic heterocycles. The molecular formula is C16H25N7O2. The van der Waals surface area contributed by atoms with Crippen LogP contribution in [0.3, 0.4) is 0 Å². The van der Waals surface area contributed by atoms with Crippen molar-refractivity contribution < 1.29 is 9.32 Å². The van der Waals surface area contributed by atoms with E-state index in [1.54, 1.807) is 17.8 Å². The van der Waals surface area contributed by atoms with E-state index in [9.17, 15) is 4.79 Å². The first-order chi connectivity index (χ1) is 11.9. The van der Waals surface area contributed by atoms with Crippen molar-refractivity contribution in [2.45, 2.75) is 70.5 Å². The zero-order chi connectivity index (χ0) is 18.0. The molecule has 2 aromatic heterocycles. The molecule has 1 atom stereocenters. The second kappa shape index (κ2) is 7.30. The average molecular weight is 347 g/mol. The number of carbonyl (C=O) groups is 1. The quantitative estimate of drug-likeness (QED) is 0.843. The van der Waals surface area contributed by atoms with E-state index in [0.717, 1.165) is 25.7 Å². The Hall–Kier alpha value is -2.29. The molecule has 9 nitrogen and oxygen atoms in total. The van der Waals surface area contributed by atoms with Crippen LogP contribution in [0.2, 0.25) is 0 Å². The SMILES string of the molecule is CC(C)c1noc([C@@H](C)NC(=O)c2cn(C3CCC(N)CC3)nn2)n1. The van der Waals surface area contributed by atoms with Crippen LogP contribution in [0.1, 0.15) is 86.7 Å². The highest BCUT2D eigenvalue weighted by atomic mass is 16.5. The second-order valence-electron chi connectivity index (χ2n) is 6.99. The van der Waals surface area contributed by atoms with Gasteiger partial charge in [0.2, 0.25) is 5.89 Å². The molecule has 0 bridgehead atoms. The molecule has 2 heterocycles. The molecule has 0 unspecified atom stereocenters. The van der Waals surface area contributed by atoms with Crippen LogP contribution in [0.15, 0.2) is 10.7 Å². The van der Waals surface area contributed by atoms with Gasteiger partial charge in [-0.25, -0.2) is 4.68 Å². The van der Waals surface area contributed by atoms with Crippen LogP contribution in [-0.4, -0.2) is 37.1 Å². The van der Waals surface area contributed by atoms with Gasteiger partial charge in [0.15, 0.2) is 11.5 Å². The predicted molar refractivity (Wildman–Crippen MR) is 89.8 cm³/mol. The second-order valence-corrected chi connectivity index (χ2v) is 6.99. The van der Waals surface area contributed by atoms with E-state index < -0.39 is 6.04 Å². The van der Waals surface area contributed by atoms with Crippen molar-refractivity contribution in [1.29, 1.82) is 0 Å². The van der Waals surface area contributed by atoms with Crippen molar-refractivity contribution in [2.24, 2.45) is 5.73 Å². The summed E-state index contributed by atoms with van der Waals surface area (Å²) in [6.07, 6.45) is 5.55. The molecule has 1 amide bonds. The number of hydrogen-bond donors (Lipinski definition) is 2. The summed E-state index contributed by atoms with van der Waals surface area (Å²) in [6.45, 7) is 5.76. The number of amides is 1. The zero-order valence-electron chi connectivity index (χ0n) is 14.8. The highest BCUT2D eigenvalue weighted by molar-refractivity contribution is 5.92. The molecule has 0 saturated heterocycles. The van der Waals surface area contributed by atoms with E-state index in [1.165, 1.54) is 0 Å². The van der Waals surface area contributed by atoms with Crippen molar-refractivity contribution in [2.75, 3.05) is 0 Å². The first kappa shape index (κ1) is 17.5. The van der Waals surface area contributed by atoms with Gasteiger partial charge in [0.05, 0.1) is 12.2 Å². The first-order valence-electron chi connectivity index (χ1n) is 8.75. The molecule has 1 aliphatic rings. The van der Waals surface area contributed by atoms with Crippen molar-refractivity contribution in [3.63, 3.8) is 0 Å². The summed E-state index contributed by atoms with van der Waals surface area (Å²) in [5.74, 6) is 0.864. The van der Waals surface area contributed by atoms with Gasteiger partial charge in [-0.15, -0.1) is 5.10 Å². The molecule has 1 aliphatic carbocycles. The maximum atomic E-state index is 12.4. The van der Waals surface area contributed by atoms with Crippen LogP contribution < -0.4 is 11.1 Å². The van der Waals surface area contributed by atoms with Crippen molar-refractivity contribution >= 4 is 5.91 Å². The maximum absolute atomic E-state index is 12.4. The molecule has 25 heavy (non-hydrogen) atoms. The van der Waals surface area contributed by atoms with Gasteiger partial charge in [-0.05, 0) is 32.6 Å². The summed E-state index contributed by atoms with van der Waals surface area (Å²) >= 11 is 0. The fraction of sp³-hybridized carbons (Fsp3) is 0.688. The molecule has 9 heteroatoms. The van der Waals surface area contributed by atoms with Gasteiger partial charge in [-0.2, -0.15) is 4.98 Å². The van der Waals surface area contributed by atoms with Crippen LogP contribution in [0.25, 0.3) is 0 Å². The monoisotopic (exact) mass is 347 g/mol. The van der Waals surface area contributed by atoms with E-state index in [1.807, 2.05) is 13.8 Å². The lowest BCUT2D eigenvalue weighted by Gasteiger charge is -2.25. The third kappa shape index (κ3) is 4.04. The third-order valence-corrected chi connectivity index (χ3v) is 4.55. The minimum absolute atomic E-state index is 0.170. The van der Waals surface area contributed by atoms with E-state index in [0.29, 0.717) is 11.7 Å². The number of aromatic nitrogens is 5. The molecule has 3 rings (SSSR count). The van der Waals surface area contributed by atoms with Gasteiger partial charge in [0.1, 0.15) is 6.04 Å². The van der Waals surface area contributed by atoms with Crippen molar-refractivity contribution in [1.82, 2.24) is 30.5 Å². The van der Waals surface area contributed by atoms with Crippen LogP contribution in [0.5, 0.6) is 0 Å². The van der Waals surface area contributed by atoms with Gasteiger partial charge >= 0.3 is 0 Å². The van der Waals surface area contributed by atoms with Gasteiger partial charge in [0, 0.05) is 12.0 Å². The summed E-state index contributed by atoms with van der Waals surface area (Å²) in [4.78, 5) is 16.7. The van der Waals surface area contributed by atoms with Gasteiger partial charge in [0.25, 0.3) is 5.91 Å². The smallest absolute Gasteiger partial charge is 0.274 e. The number of nitrogens with two attached hydrogens (primary N) is 1. The van der Waals surface area contributed by atoms with E-state index in [-0.39, 0.29) is 29.6 Å². The Balaban J connectivity index is 1.61. The van der Waals surface area contributed by atoms with Crippen molar-refractivity contribution in [3.8, 4) is 0 Å². The highest BCUT2D eigenvalue weighted by Crippen LogP contribution is 2.26. The molecule has 3 N–H and O–H groups in total.